The van der Waals surface area contributed by atoms with E-state index in [1.807, 2.05) is 0 Å². The molecular formula is C6H9N3O2. The van der Waals surface area contributed by atoms with Crippen LogP contribution in [0, 0.1) is 0 Å². The van der Waals surface area contributed by atoms with Crippen molar-refractivity contribution in [2.75, 3.05) is 6.67 Å². The molecule has 2 fully saturated rings. The SMILES string of the molecule is O=C1NCN(C2CC2)C(=O)N1. The molecule has 5 nitrogen and oxygen atoms in total. The molecule has 0 unspecified atom stereocenters. The molecule has 0 aromatic rings. The van der Waals surface area contributed by atoms with Crippen molar-refractivity contribution in [3.63, 3.8) is 0 Å². The maximum absolute atomic E-state index is 11.0. The number of hydrogen-bond donors (Lipinski definition) is 2. The summed E-state index contributed by atoms with van der Waals surface area (Å²) in [5.74, 6) is 0. The highest BCUT2D eigenvalue weighted by Crippen LogP contribution is 2.26. The molecule has 60 valence electrons. The molecule has 2 N–H and O–H groups in total. The fourth-order valence-electron chi connectivity index (χ4n) is 1.12. The summed E-state index contributed by atoms with van der Waals surface area (Å²) >= 11 is 0. The molecular weight excluding hydrogens is 146 g/mol. The zero-order chi connectivity index (χ0) is 7.84. The highest BCUT2D eigenvalue weighted by Gasteiger charge is 2.35. The average Bonchev–Trinajstić information content (AvgIpc) is 2.70. The predicted molar refractivity (Wildman–Crippen MR) is 36.8 cm³/mol. The van der Waals surface area contributed by atoms with E-state index in [1.165, 1.54) is 0 Å². The summed E-state index contributed by atoms with van der Waals surface area (Å²) in [6.07, 6.45) is 2.12. The maximum Gasteiger partial charge on any atom is 0.327 e. The topological polar surface area (TPSA) is 61.4 Å². The van der Waals surface area contributed by atoms with Crippen molar-refractivity contribution in [3.8, 4) is 0 Å². The van der Waals surface area contributed by atoms with Crippen molar-refractivity contribution < 1.29 is 9.59 Å². The zero-order valence-corrected chi connectivity index (χ0v) is 5.96. The van der Waals surface area contributed by atoms with Crippen LogP contribution in [0.1, 0.15) is 12.8 Å². The van der Waals surface area contributed by atoms with Crippen molar-refractivity contribution >= 4 is 12.1 Å². The number of amides is 4. The van der Waals surface area contributed by atoms with Crippen molar-refractivity contribution in [1.29, 1.82) is 0 Å². The van der Waals surface area contributed by atoms with Crippen molar-refractivity contribution in [1.82, 2.24) is 15.5 Å². The molecule has 0 aromatic carbocycles. The lowest BCUT2D eigenvalue weighted by Crippen LogP contribution is -2.57. The minimum Gasteiger partial charge on any atom is -0.320 e. The van der Waals surface area contributed by atoms with E-state index >= 15 is 0 Å². The third kappa shape index (κ3) is 1.13. The maximum atomic E-state index is 11.0. The smallest absolute Gasteiger partial charge is 0.320 e. The highest BCUT2D eigenvalue weighted by molar-refractivity contribution is 5.95. The molecule has 0 bridgehead atoms. The van der Waals surface area contributed by atoms with Gasteiger partial charge in [-0.1, -0.05) is 0 Å². The quantitative estimate of drug-likeness (QED) is 0.552. The van der Waals surface area contributed by atoms with Gasteiger partial charge in [-0.2, -0.15) is 0 Å². The van der Waals surface area contributed by atoms with Crippen LogP contribution in [-0.4, -0.2) is 29.7 Å². The average molecular weight is 155 g/mol. The van der Waals surface area contributed by atoms with Gasteiger partial charge in [0.25, 0.3) is 0 Å². The Labute approximate surface area is 63.7 Å². The second-order valence-electron chi connectivity index (χ2n) is 2.80. The molecule has 5 heteroatoms. The Balaban J connectivity index is 2.00. The number of carbonyl (C=O) groups excluding carboxylic acids is 2. The lowest BCUT2D eigenvalue weighted by atomic mass is 10.5. The highest BCUT2D eigenvalue weighted by atomic mass is 16.2. The van der Waals surface area contributed by atoms with Crippen molar-refractivity contribution in [2.24, 2.45) is 0 Å². The Kier molecular flexibility index (Phi) is 1.24. The molecule has 1 saturated carbocycles. The lowest BCUT2D eigenvalue weighted by Gasteiger charge is -2.26. The lowest BCUT2D eigenvalue weighted by molar-refractivity contribution is 0.174. The summed E-state index contributed by atoms with van der Waals surface area (Å²) in [6.45, 7) is 0.356. The zero-order valence-electron chi connectivity index (χ0n) is 5.96. The Bertz CT molecular complexity index is 212. The number of nitrogens with zero attached hydrogens (tertiary/aromatic N) is 1. The van der Waals surface area contributed by atoms with E-state index in [0.717, 1.165) is 12.8 Å². The van der Waals surface area contributed by atoms with Gasteiger partial charge >= 0.3 is 12.1 Å². The van der Waals surface area contributed by atoms with Crippen LogP contribution in [0.4, 0.5) is 9.59 Å². The minimum atomic E-state index is -0.396. The summed E-state index contributed by atoms with van der Waals surface area (Å²) in [7, 11) is 0. The van der Waals surface area contributed by atoms with Gasteiger partial charge in [-0.3, -0.25) is 5.32 Å². The number of nitrogens with one attached hydrogen (secondary N) is 2. The molecule has 0 atom stereocenters. The molecule has 2 aliphatic rings. The van der Waals surface area contributed by atoms with Gasteiger partial charge in [0.05, 0.1) is 6.67 Å². The Morgan fingerprint density at radius 3 is 2.64 bits per heavy atom. The van der Waals surface area contributed by atoms with Crippen LogP contribution >= 0.6 is 0 Å². The first-order valence-corrected chi connectivity index (χ1v) is 3.63. The van der Waals surface area contributed by atoms with Crippen LogP contribution < -0.4 is 10.6 Å². The number of carbonyl (C=O) groups is 2. The molecule has 0 radical (unpaired) electrons. The number of rotatable bonds is 1. The Hall–Kier alpha value is -1.26. The van der Waals surface area contributed by atoms with E-state index in [1.54, 1.807) is 4.90 Å². The third-order valence-electron chi connectivity index (χ3n) is 1.88. The number of hydrogen-bond acceptors (Lipinski definition) is 2. The first-order chi connectivity index (χ1) is 5.27. The largest absolute Gasteiger partial charge is 0.327 e. The molecule has 0 spiro atoms. The Morgan fingerprint density at radius 1 is 1.36 bits per heavy atom. The van der Waals surface area contributed by atoms with Crippen molar-refractivity contribution in [2.45, 2.75) is 18.9 Å². The molecule has 1 aliphatic carbocycles. The fourth-order valence-corrected chi connectivity index (χ4v) is 1.12. The standard InChI is InChI=1S/C6H9N3O2/c10-5-7-3-9(4-1-2-4)6(11)8-5/h4H,1-3H2,(H2,7,8,10,11). The summed E-state index contributed by atoms with van der Waals surface area (Å²) in [5.41, 5.74) is 0. The van der Waals surface area contributed by atoms with Gasteiger partial charge in [-0.25, -0.2) is 9.59 Å². The van der Waals surface area contributed by atoms with Crippen LogP contribution in [-0.2, 0) is 0 Å². The van der Waals surface area contributed by atoms with Gasteiger partial charge in [0.2, 0.25) is 0 Å². The van der Waals surface area contributed by atoms with Crippen LogP contribution in [0.5, 0.6) is 0 Å². The summed E-state index contributed by atoms with van der Waals surface area (Å²) in [5, 5.41) is 4.73. The first kappa shape index (κ1) is 6.45. The number of imide groups is 1. The van der Waals surface area contributed by atoms with Crippen LogP contribution in [0.25, 0.3) is 0 Å². The van der Waals surface area contributed by atoms with Crippen molar-refractivity contribution in [3.05, 3.63) is 0 Å². The minimum absolute atomic E-state index is 0.267. The molecule has 4 amide bonds. The van der Waals surface area contributed by atoms with Gasteiger partial charge in [-0.05, 0) is 12.8 Å². The van der Waals surface area contributed by atoms with E-state index < -0.39 is 6.03 Å². The summed E-state index contributed by atoms with van der Waals surface area (Å²) in [4.78, 5) is 23.3. The normalized spacial score (nSPS) is 24.5. The van der Waals surface area contributed by atoms with E-state index in [9.17, 15) is 9.59 Å². The van der Waals surface area contributed by atoms with Gasteiger partial charge < -0.3 is 10.2 Å². The van der Waals surface area contributed by atoms with Gasteiger partial charge in [0.1, 0.15) is 0 Å². The molecule has 1 saturated heterocycles. The van der Waals surface area contributed by atoms with E-state index in [-0.39, 0.29) is 6.03 Å². The van der Waals surface area contributed by atoms with Crippen LogP contribution in [0.15, 0.2) is 0 Å². The van der Waals surface area contributed by atoms with E-state index in [2.05, 4.69) is 10.6 Å². The second-order valence-corrected chi connectivity index (χ2v) is 2.80. The first-order valence-electron chi connectivity index (χ1n) is 3.63. The van der Waals surface area contributed by atoms with Crippen LogP contribution in [0.2, 0.25) is 0 Å². The predicted octanol–water partition coefficient (Wildman–Crippen LogP) is -0.159. The third-order valence-corrected chi connectivity index (χ3v) is 1.88. The van der Waals surface area contributed by atoms with Gasteiger partial charge in [0.15, 0.2) is 0 Å². The fraction of sp³-hybridized carbons (Fsp3) is 0.667. The molecule has 1 aliphatic heterocycles. The monoisotopic (exact) mass is 155 g/mol. The summed E-state index contributed by atoms with van der Waals surface area (Å²) < 4.78 is 0. The van der Waals surface area contributed by atoms with Gasteiger partial charge in [-0.15, -0.1) is 0 Å². The van der Waals surface area contributed by atoms with E-state index in [4.69, 9.17) is 0 Å². The Morgan fingerprint density at radius 2 is 2.09 bits per heavy atom. The molecule has 11 heavy (non-hydrogen) atoms. The molecule has 0 aromatic heterocycles. The molecule has 2 rings (SSSR count). The second kappa shape index (κ2) is 2.11. The van der Waals surface area contributed by atoms with E-state index in [0.29, 0.717) is 12.7 Å². The summed E-state index contributed by atoms with van der Waals surface area (Å²) in [6, 6.07) is -0.307. The van der Waals surface area contributed by atoms with Crippen LogP contribution in [0.3, 0.4) is 0 Å². The van der Waals surface area contributed by atoms with Gasteiger partial charge in [0, 0.05) is 6.04 Å². The number of urea groups is 2. The molecule has 1 heterocycles.